The van der Waals surface area contributed by atoms with Crippen LogP contribution >= 0.6 is 0 Å². The fraction of sp³-hybridized carbons (Fsp3) is 0.467. The summed E-state index contributed by atoms with van der Waals surface area (Å²) in [4.78, 5) is 23.2. The van der Waals surface area contributed by atoms with Gasteiger partial charge in [-0.1, -0.05) is 0 Å². The lowest BCUT2D eigenvalue weighted by atomic mass is 10.1. The van der Waals surface area contributed by atoms with Gasteiger partial charge in [0, 0.05) is 12.7 Å². The third-order valence-electron chi connectivity index (χ3n) is 3.42. The van der Waals surface area contributed by atoms with Crippen molar-refractivity contribution in [2.24, 2.45) is 0 Å². The zero-order valence-electron chi connectivity index (χ0n) is 11.9. The molecule has 0 radical (unpaired) electrons. The molecule has 0 aliphatic carbocycles. The molecule has 1 heterocycles. The van der Waals surface area contributed by atoms with Gasteiger partial charge in [0.05, 0.1) is 30.9 Å². The van der Waals surface area contributed by atoms with Crippen LogP contribution in [0.2, 0.25) is 0 Å². The number of methoxy groups -OCH3 is 1. The van der Waals surface area contributed by atoms with Crippen molar-refractivity contribution in [2.75, 3.05) is 19.0 Å². The molecule has 21 heavy (non-hydrogen) atoms. The summed E-state index contributed by atoms with van der Waals surface area (Å²) in [5.41, 5.74) is 0.274. The number of ether oxygens (including phenoxy) is 2. The number of amides is 1. The number of benzene rings is 1. The molecule has 1 fully saturated rings. The summed E-state index contributed by atoms with van der Waals surface area (Å²) < 4.78 is 10.6. The maximum Gasteiger partial charge on any atom is 0.337 e. The van der Waals surface area contributed by atoms with E-state index in [1.807, 2.05) is 0 Å². The van der Waals surface area contributed by atoms with E-state index in [1.54, 1.807) is 6.07 Å². The van der Waals surface area contributed by atoms with Crippen LogP contribution in [0.5, 0.6) is 5.75 Å². The lowest BCUT2D eigenvalue weighted by Crippen LogP contribution is -2.26. The van der Waals surface area contributed by atoms with Gasteiger partial charge in [0.1, 0.15) is 5.75 Å². The van der Waals surface area contributed by atoms with Crippen molar-refractivity contribution in [1.29, 1.82) is 0 Å². The fourth-order valence-corrected chi connectivity index (χ4v) is 2.32. The molecule has 1 aromatic carbocycles. The molecule has 2 N–H and O–H groups in total. The minimum absolute atomic E-state index is 0.0358. The van der Waals surface area contributed by atoms with Crippen molar-refractivity contribution in [2.45, 2.75) is 31.8 Å². The lowest BCUT2D eigenvalue weighted by molar-refractivity contribution is -0.119. The minimum atomic E-state index is -1.10. The van der Waals surface area contributed by atoms with Gasteiger partial charge in [-0.2, -0.15) is 0 Å². The first kappa shape index (κ1) is 15.3. The average molecular weight is 293 g/mol. The van der Waals surface area contributed by atoms with Crippen LogP contribution in [0, 0.1) is 0 Å². The number of rotatable bonds is 5. The molecule has 1 saturated heterocycles. The highest BCUT2D eigenvalue weighted by molar-refractivity contribution is 6.00. The molecular weight excluding hydrogens is 274 g/mol. The molecular formula is C15H19NO5. The van der Waals surface area contributed by atoms with Crippen molar-refractivity contribution in [3.63, 3.8) is 0 Å². The van der Waals surface area contributed by atoms with E-state index < -0.39 is 5.97 Å². The second-order valence-corrected chi connectivity index (χ2v) is 4.96. The minimum Gasteiger partial charge on any atom is -0.497 e. The molecule has 1 amide bonds. The molecule has 1 aromatic rings. The highest BCUT2D eigenvalue weighted by atomic mass is 16.5. The fourth-order valence-electron chi connectivity index (χ4n) is 2.32. The zero-order chi connectivity index (χ0) is 15.2. The van der Waals surface area contributed by atoms with E-state index in [9.17, 15) is 9.59 Å². The standard InChI is InChI=1S/C15H19NO5/c1-20-10-5-6-12(15(18)19)13(8-10)16-14(17)9-11-4-2-3-7-21-11/h5-6,8,11H,2-4,7,9H2,1H3,(H,16,17)(H,18,19). The maximum absolute atomic E-state index is 12.0. The third-order valence-corrected chi connectivity index (χ3v) is 3.42. The highest BCUT2D eigenvalue weighted by Crippen LogP contribution is 2.23. The third kappa shape index (κ3) is 4.19. The van der Waals surface area contributed by atoms with Crippen molar-refractivity contribution >= 4 is 17.6 Å². The number of aromatic carboxylic acids is 1. The Labute approximate surface area is 123 Å². The SMILES string of the molecule is COc1ccc(C(=O)O)c(NC(=O)CC2CCCCO2)c1. The first-order valence-electron chi connectivity index (χ1n) is 6.93. The van der Waals surface area contributed by atoms with Gasteiger partial charge < -0.3 is 19.9 Å². The average Bonchev–Trinajstić information content (AvgIpc) is 2.47. The number of hydrogen-bond donors (Lipinski definition) is 2. The van der Waals surface area contributed by atoms with Crippen LogP contribution < -0.4 is 10.1 Å². The van der Waals surface area contributed by atoms with Crippen molar-refractivity contribution in [3.05, 3.63) is 23.8 Å². The topological polar surface area (TPSA) is 84.9 Å². The Balaban J connectivity index is 2.06. The summed E-state index contributed by atoms with van der Waals surface area (Å²) in [7, 11) is 1.48. The van der Waals surface area contributed by atoms with Crippen LogP contribution in [0.25, 0.3) is 0 Å². The Morgan fingerprint density at radius 3 is 2.86 bits per heavy atom. The Morgan fingerprint density at radius 1 is 1.43 bits per heavy atom. The summed E-state index contributed by atoms with van der Waals surface area (Å²) in [6.07, 6.45) is 3.08. The number of carbonyl (C=O) groups excluding carboxylic acids is 1. The van der Waals surface area contributed by atoms with E-state index in [4.69, 9.17) is 14.6 Å². The largest absolute Gasteiger partial charge is 0.497 e. The molecule has 6 nitrogen and oxygen atoms in total. The van der Waals surface area contributed by atoms with Crippen molar-refractivity contribution in [1.82, 2.24) is 0 Å². The molecule has 1 aliphatic heterocycles. The predicted molar refractivity (Wildman–Crippen MR) is 76.8 cm³/mol. The second-order valence-electron chi connectivity index (χ2n) is 4.96. The number of anilines is 1. The molecule has 0 saturated carbocycles. The van der Waals surface area contributed by atoms with Crippen LogP contribution in [0.1, 0.15) is 36.0 Å². The van der Waals surface area contributed by atoms with Gasteiger partial charge in [-0.15, -0.1) is 0 Å². The van der Waals surface area contributed by atoms with Gasteiger partial charge in [0.25, 0.3) is 0 Å². The number of carbonyl (C=O) groups is 2. The molecule has 1 unspecified atom stereocenters. The number of carboxylic acid groups (broad SMARTS) is 1. The molecule has 1 aliphatic rings. The van der Waals surface area contributed by atoms with E-state index in [2.05, 4.69) is 5.32 Å². The summed E-state index contributed by atoms with van der Waals surface area (Å²) in [6.45, 7) is 0.678. The van der Waals surface area contributed by atoms with Gasteiger partial charge in [-0.05, 0) is 31.4 Å². The van der Waals surface area contributed by atoms with E-state index >= 15 is 0 Å². The number of nitrogens with one attached hydrogen (secondary N) is 1. The maximum atomic E-state index is 12.0. The van der Waals surface area contributed by atoms with Crippen molar-refractivity contribution in [3.8, 4) is 5.75 Å². The summed E-state index contributed by atoms with van der Waals surface area (Å²) >= 11 is 0. The molecule has 6 heteroatoms. The smallest absolute Gasteiger partial charge is 0.337 e. The molecule has 1 atom stereocenters. The Morgan fingerprint density at radius 2 is 2.24 bits per heavy atom. The van der Waals surface area contributed by atoms with Gasteiger partial charge >= 0.3 is 5.97 Å². The summed E-state index contributed by atoms with van der Waals surface area (Å²) in [5.74, 6) is -0.858. The first-order valence-corrected chi connectivity index (χ1v) is 6.93. The molecule has 0 bridgehead atoms. The Kier molecular flexibility index (Phi) is 5.16. The van der Waals surface area contributed by atoms with E-state index in [-0.39, 0.29) is 29.7 Å². The summed E-state index contributed by atoms with van der Waals surface area (Å²) in [5, 5.41) is 11.8. The van der Waals surface area contributed by atoms with E-state index in [0.29, 0.717) is 12.4 Å². The lowest BCUT2D eigenvalue weighted by Gasteiger charge is -2.22. The normalized spacial score (nSPS) is 18.0. The molecule has 0 aromatic heterocycles. The Bertz CT molecular complexity index is 523. The van der Waals surface area contributed by atoms with Crippen LogP contribution in [0.15, 0.2) is 18.2 Å². The number of carboxylic acids is 1. The van der Waals surface area contributed by atoms with Crippen LogP contribution in [-0.2, 0) is 9.53 Å². The van der Waals surface area contributed by atoms with Gasteiger partial charge in [0.2, 0.25) is 5.91 Å². The number of hydrogen-bond acceptors (Lipinski definition) is 4. The first-order chi connectivity index (χ1) is 10.1. The highest BCUT2D eigenvalue weighted by Gasteiger charge is 2.19. The Hall–Kier alpha value is -2.08. The monoisotopic (exact) mass is 293 g/mol. The van der Waals surface area contributed by atoms with Crippen LogP contribution in [-0.4, -0.2) is 36.8 Å². The van der Waals surface area contributed by atoms with Crippen LogP contribution in [0.4, 0.5) is 5.69 Å². The second kappa shape index (κ2) is 7.08. The van der Waals surface area contributed by atoms with E-state index in [0.717, 1.165) is 19.3 Å². The van der Waals surface area contributed by atoms with Gasteiger partial charge in [0.15, 0.2) is 0 Å². The van der Waals surface area contributed by atoms with E-state index in [1.165, 1.54) is 19.2 Å². The van der Waals surface area contributed by atoms with Crippen LogP contribution in [0.3, 0.4) is 0 Å². The molecule has 2 rings (SSSR count). The molecule has 0 spiro atoms. The predicted octanol–water partition coefficient (Wildman–Crippen LogP) is 2.29. The summed E-state index contributed by atoms with van der Waals surface area (Å²) in [6, 6.07) is 4.46. The van der Waals surface area contributed by atoms with Crippen molar-refractivity contribution < 1.29 is 24.2 Å². The molecule has 114 valence electrons. The zero-order valence-corrected chi connectivity index (χ0v) is 11.9. The quantitative estimate of drug-likeness (QED) is 0.870. The van der Waals surface area contributed by atoms with Gasteiger partial charge in [-0.25, -0.2) is 4.79 Å². The van der Waals surface area contributed by atoms with Gasteiger partial charge in [-0.3, -0.25) is 4.79 Å².